The van der Waals surface area contributed by atoms with Crippen molar-refractivity contribution in [1.29, 1.82) is 0 Å². The van der Waals surface area contributed by atoms with Crippen LogP contribution in [-0.2, 0) is 44.7 Å². The molecule has 1 aliphatic rings. The molecule has 0 spiro atoms. The molecule has 0 aromatic heterocycles. The first-order chi connectivity index (χ1) is 12.8. The lowest BCUT2D eigenvalue weighted by molar-refractivity contribution is -0.303. The van der Waals surface area contributed by atoms with Crippen LogP contribution in [0.1, 0.15) is 33.3 Å². The average molecular weight is 380 g/mol. The molecule has 0 unspecified atom stereocenters. The minimum Gasteiger partial charge on any atom is -0.456 e. The summed E-state index contributed by atoms with van der Waals surface area (Å²) < 4.78 is 27.4. The van der Waals surface area contributed by atoms with Gasteiger partial charge in [-0.3, -0.25) is 14.4 Å². The maximum atomic E-state index is 11.6. The molecule has 1 aromatic rings. The lowest BCUT2D eigenvalue weighted by Gasteiger charge is -2.43. The van der Waals surface area contributed by atoms with Gasteiger partial charge in [0.25, 0.3) is 0 Å². The Labute approximate surface area is 157 Å². The third-order valence-electron chi connectivity index (χ3n) is 3.89. The highest BCUT2D eigenvalue weighted by atomic mass is 16.7. The summed E-state index contributed by atoms with van der Waals surface area (Å²) in [6.07, 6.45) is -4.73. The van der Waals surface area contributed by atoms with Crippen molar-refractivity contribution >= 4 is 17.9 Å². The number of benzene rings is 1. The lowest BCUT2D eigenvalue weighted by atomic mass is 9.99. The molecule has 0 saturated carbocycles. The molecule has 0 aliphatic carbocycles. The second-order valence-corrected chi connectivity index (χ2v) is 6.23. The van der Waals surface area contributed by atoms with Crippen molar-refractivity contribution in [3.63, 3.8) is 0 Å². The number of ether oxygens (including phenoxy) is 5. The van der Waals surface area contributed by atoms with Crippen molar-refractivity contribution < 1.29 is 38.1 Å². The maximum absolute atomic E-state index is 11.6. The molecule has 1 aliphatic heterocycles. The van der Waals surface area contributed by atoms with Gasteiger partial charge in [0.1, 0.15) is 0 Å². The molecule has 0 N–H and O–H groups in total. The van der Waals surface area contributed by atoms with Gasteiger partial charge in [0, 0.05) is 20.8 Å². The van der Waals surface area contributed by atoms with Gasteiger partial charge in [-0.2, -0.15) is 0 Å². The summed E-state index contributed by atoms with van der Waals surface area (Å²) in [6.45, 7) is 5.53. The third kappa shape index (κ3) is 6.04. The normalized spacial score (nSPS) is 27.5. The molecule has 5 atom stereocenters. The van der Waals surface area contributed by atoms with Gasteiger partial charge in [0.05, 0.1) is 12.7 Å². The minimum atomic E-state index is -1.09. The van der Waals surface area contributed by atoms with Crippen LogP contribution in [0.4, 0.5) is 0 Å². The topological polar surface area (TPSA) is 97.4 Å². The second-order valence-electron chi connectivity index (χ2n) is 6.23. The van der Waals surface area contributed by atoms with E-state index in [2.05, 4.69) is 0 Å². The zero-order valence-electron chi connectivity index (χ0n) is 15.7. The van der Waals surface area contributed by atoms with Crippen molar-refractivity contribution in [2.75, 3.05) is 0 Å². The molecule has 1 aromatic carbocycles. The van der Waals surface area contributed by atoms with Crippen molar-refractivity contribution in [1.82, 2.24) is 0 Å². The van der Waals surface area contributed by atoms with Crippen LogP contribution in [-0.4, -0.2) is 48.6 Å². The molecule has 1 saturated heterocycles. The summed E-state index contributed by atoms with van der Waals surface area (Å²) in [5.74, 6) is -1.78. The highest BCUT2D eigenvalue weighted by Gasteiger charge is 2.50. The van der Waals surface area contributed by atoms with Crippen LogP contribution in [0.3, 0.4) is 0 Å². The zero-order valence-corrected chi connectivity index (χ0v) is 15.7. The Morgan fingerprint density at radius 2 is 1.37 bits per heavy atom. The molecule has 1 heterocycles. The Hall–Kier alpha value is -2.45. The first kappa shape index (κ1) is 20.9. The summed E-state index contributed by atoms with van der Waals surface area (Å²) in [5, 5.41) is 0. The predicted octanol–water partition coefficient (Wildman–Crippen LogP) is 1.74. The van der Waals surface area contributed by atoms with Crippen LogP contribution in [0, 0.1) is 0 Å². The number of carbonyl (C=O) groups is 3. The van der Waals surface area contributed by atoms with Gasteiger partial charge in [-0.05, 0) is 12.5 Å². The number of carbonyl (C=O) groups excluding carboxylic acids is 3. The average Bonchev–Trinajstić information content (AvgIpc) is 2.59. The summed E-state index contributed by atoms with van der Waals surface area (Å²) in [4.78, 5) is 34.6. The van der Waals surface area contributed by atoms with Gasteiger partial charge in [0.15, 0.2) is 24.6 Å². The number of hydrogen-bond donors (Lipinski definition) is 0. The molecule has 8 nitrogen and oxygen atoms in total. The Balaban J connectivity index is 2.24. The van der Waals surface area contributed by atoms with Crippen molar-refractivity contribution in [2.24, 2.45) is 0 Å². The number of rotatable bonds is 6. The van der Waals surface area contributed by atoms with Gasteiger partial charge in [-0.1, -0.05) is 30.3 Å². The predicted molar refractivity (Wildman–Crippen MR) is 92.2 cm³/mol. The van der Waals surface area contributed by atoms with Gasteiger partial charge in [0.2, 0.25) is 0 Å². The zero-order chi connectivity index (χ0) is 20.0. The van der Waals surface area contributed by atoms with E-state index >= 15 is 0 Å². The Bertz CT molecular complexity index is 659. The Morgan fingerprint density at radius 3 is 1.93 bits per heavy atom. The molecular formula is C19H24O8. The van der Waals surface area contributed by atoms with E-state index in [0.717, 1.165) is 5.56 Å². The highest BCUT2D eigenvalue weighted by Crippen LogP contribution is 2.29. The van der Waals surface area contributed by atoms with E-state index in [1.807, 2.05) is 30.3 Å². The smallest absolute Gasteiger partial charge is 0.303 e. The summed E-state index contributed by atoms with van der Waals surface area (Å²) in [5.41, 5.74) is 0.890. The van der Waals surface area contributed by atoms with E-state index in [-0.39, 0.29) is 6.61 Å². The van der Waals surface area contributed by atoms with Crippen LogP contribution in [0.5, 0.6) is 0 Å². The van der Waals surface area contributed by atoms with E-state index < -0.39 is 48.6 Å². The van der Waals surface area contributed by atoms with Crippen molar-refractivity contribution in [2.45, 2.75) is 65.0 Å². The van der Waals surface area contributed by atoms with E-state index in [9.17, 15) is 14.4 Å². The molecule has 2 rings (SSSR count). The minimum absolute atomic E-state index is 0.195. The van der Waals surface area contributed by atoms with E-state index in [0.29, 0.717) is 0 Å². The van der Waals surface area contributed by atoms with E-state index in [1.54, 1.807) is 6.92 Å². The summed E-state index contributed by atoms with van der Waals surface area (Å²) in [7, 11) is 0. The molecule has 0 bridgehead atoms. The third-order valence-corrected chi connectivity index (χ3v) is 3.89. The Morgan fingerprint density at radius 1 is 0.852 bits per heavy atom. The van der Waals surface area contributed by atoms with Crippen LogP contribution in [0.25, 0.3) is 0 Å². The summed E-state index contributed by atoms with van der Waals surface area (Å²) >= 11 is 0. The van der Waals surface area contributed by atoms with Crippen molar-refractivity contribution in [3.8, 4) is 0 Å². The number of esters is 3. The fourth-order valence-corrected chi connectivity index (χ4v) is 2.86. The largest absolute Gasteiger partial charge is 0.456 e. The fraction of sp³-hybridized carbons (Fsp3) is 0.526. The van der Waals surface area contributed by atoms with Crippen LogP contribution in [0.2, 0.25) is 0 Å². The maximum Gasteiger partial charge on any atom is 0.303 e. The van der Waals surface area contributed by atoms with Crippen LogP contribution in [0.15, 0.2) is 30.3 Å². The van der Waals surface area contributed by atoms with Gasteiger partial charge in [-0.15, -0.1) is 0 Å². The van der Waals surface area contributed by atoms with E-state index in [1.165, 1.54) is 20.8 Å². The van der Waals surface area contributed by atoms with Crippen molar-refractivity contribution in [3.05, 3.63) is 35.9 Å². The SMILES string of the molecule is CC(=O)O[C@@H]1[C@@H](OC(C)=O)[C@@H](C)O[C@@H](OCc2ccccc2)[C@@H]1OC(C)=O. The van der Waals surface area contributed by atoms with Gasteiger partial charge < -0.3 is 23.7 Å². The molecule has 0 radical (unpaired) electrons. The molecule has 0 amide bonds. The quantitative estimate of drug-likeness (QED) is 0.544. The fourth-order valence-electron chi connectivity index (χ4n) is 2.86. The molecule has 8 heteroatoms. The molecule has 27 heavy (non-hydrogen) atoms. The number of hydrogen-bond acceptors (Lipinski definition) is 8. The second kappa shape index (κ2) is 9.48. The van der Waals surface area contributed by atoms with Gasteiger partial charge in [-0.25, -0.2) is 0 Å². The summed E-state index contributed by atoms with van der Waals surface area (Å²) in [6, 6.07) is 9.36. The molecule has 148 valence electrons. The molecular weight excluding hydrogens is 356 g/mol. The lowest BCUT2D eigenvalue weighted by Crippen LogP contribution is -2.61. The first-order valence-corrected chi connectivity index (χ1v) is 8.60. The highest BCUT2D eigenvalue weighted by molar-refractivity contribution is 5.68. The standard InChI is InChI=1S/C19H24O8/c1-11-16(25-12(2)20)17(26-13(3)21)18(27-14(4)22)19(24-11)23-10-15-8-6-5-7-9-15/h5-9,11,16-19H,10H2,1-4H3/t11-,16+,17-,18-,19-/m1/s1. The van der Waals surface area contributed by atoms with Gasteiger partial charge >= 0.3 is 17.9 Å². The van der Waals surface area contributed by atoms with E-state index in [4.69, 9.17) is 23.7 Å². The Kier molecular flexibility index (Phi) is 7.32. The first-order valence-electron chi connectivity index (χ1n) is 8.60. The molecule has 1 fully saturated rings. The van der Waals surface area contributed by atoms with Crippen LogP contribution >= 0.6 is 0 Å². The van der Waals surface area contributed by atoms with Crippen LogP contribution < -0.4 is 0 Å². The monoisotopic (exact) mass is 380 g/mol.